The Morgan fingerprint density at radius 2 is 2.11 bits per heavy atom. The van der Waals surface area contributed by atoms with E-state index in [0.29, 0.717) is 24.5 Å². The van der Waals surface area contributed by atoms with Crippen molar-refractivity contribution in [3.63, 3.8) is 0 Å². The van der Waals surface area contributed by atoms with E-state index in [2.05, 4.69) is 5.32 Å². The van der Waals surface area contributed by atoms with E-state index in [9.17, 15) is 9.18 Å². The Kier molecular flexibility index (Phi) is 6.33. The number of thiocarbonyl (C=S) groups is 1. The minimum atomic E-state index is -0.502. The number of anilines is 2. The number of benzene rings is 1. The van der Waals surface area contributed by atoms with E-state index in [1.165, 1.54) is 18.1 Å². The number of nitrogens with one attached hydrogen (secondary N) is 1. The van der Waals surface area contributed by atoms with E-state index < -0.39 is 6.09 Å². The summed E-state index contributed by atoms with van der Waals surface area (Å²) in [5.41, 5.74) is 1.02. The first kappa shape index (κ1) is 19.6. The molecule has 2 heterocycles. The lowest BCUT2D eigenvalue weighted by Crippen LogP contribution is -2.37. The molecule has 27 heavy (non-hydrogen) atoms. The molecule has 0 aromatic heterocycles. The standard InChI is InChI=1S/C18H24FN3O4S/c1-24-13-5-7-21(8-6-13)16-4-3-12(9-15(16)19)22-11-14(26-18(22)23)10-20-17(27)25-2/h3-4,9,13-14H,5-8,10-11H2,1-2H3,(H,20,27)/t14-/m0/s1. The van der Waals surface area contributed by atoms with Crippen molar-refractivity contribution in [2.24, 2.45) is 0 Å². The van der Waals surface area contributed by atoms with Crippen molar-refractivity contribution in [2.75, 3.05) is 50.2 Å². The SMILES string of the molecule is COC(=S)NC[C@H]1CN(c2ccc(N3CCC(OC)CC3)c(F)c2)C(=O)O1. The summed E-state index contributed by atoms with van der Waals surface area (Å²) in [6.07, 6.45) is 1.08. The lowest BCUT2D eigenvalue weighted by Gasteiger charge is -2.33. The van der Waals surface area contributed by atoms with Crippen LogP contribution in [0.4, 0.5) is 20.6 Å². The van der Waals surface area contributed by atoms with Crippen LogP contribution in [0.15, 0.2) is 18.2 Å². The number of piperidine rings is 1. The first-order chi connectivity index (χ1) is 13.0. The largest absolute Gasteiger partial charge is 0.474 e. The van der Waals surface area contributed by atoms with Crippen molar-refractivity contribution in [1.82, 2.24) is 5.32 Å². The zero-order valence-corrected chi connectivity index (χ0v) is 16.3. The molecule has 1 aromatic rings. The molecular formula is C18H24FN3O4S. The van der Waals surface area contributed by atoms with E-state index in [0.717, 1.165) is 25.9 Å². The average Bonchev–Trinajstić information content (AvgIpc) is 3.06. The summed E-state index contributed by atoms with van der Waals surface area (Å²) in [4.78, 5) is 15.6. The maximum atomic E-state index is 14.7. The molecule has 2 fully saturated rings. The Morgan fingerprint density at radius 3 is 2.74 bits per heavy atom. The summed E-state index contributed by atoms with van der Waals surface area (Å²) < 4.78 is 30.2. The van der Waals surface area contributed by atoms with Gasteiger partial charge in [0.25, 0.3) is 5.17 Å². The number of ether oxygens (including phenoxy) is 3. The zero-order valence-electron chi connectivity index (χ0n) is 15.4. The van der Waals surface area contributed by atoms with Crippen LogP contribution in [0, 0.1) is 5.82 Å². The topological polar surface area (TPSA) is 63.3 Å². The second-order valence-electron chi connectivity index (χ2n) is 6.55. The summed E-state index contributed by atoms with van der Waals surface area (Å²) >= 11 is 4.90. The molecule has 0 radical (unpaired) electrons. The molecule has 0 spiro atoms. The van der Waals surface area contributed by atoms with Gasteiger partial charge < -0.3 is 24.4 Å². The summed E-state index contributed by atoms with van der Waals surface area (Å²) in [6, 6.07) is 4.85. The third kappa shape index (κ3) is 4.59. The van der Waals surface area contributed by atoms with Crippen LogP contribution in [0.2, 0.25) is 0 Å². The highest BCUT2D eigenvalue weighted by Crippen LogP contribution is 2.29. The van der Waals surface area contributed by atoms with Crippen molar-refractivity contribution >= 4 is 34.9 Å². The number of halogens is 1. The molecule has 1 amide bonds. The third-order valence-electron chi connectivity index (χ3n) is 4.89. The molecule has 9 heteroatoms. The Morgan fingerprint density at radius 1 is 1.37 bits per heavy atom. The number of hydrogen-bond donors (Lipinski definition) is 1. The highest BCUT2D eigenvalue weighted by molar-refractivity contribution is 7.80. The van der Waals surface area contributed by atoms with Crippen molar-refractivity contribution in [2.45, 2.75) is 25.0 Å². The zero-order chi connectivity index (χ0) is 19.4. The van der Waals surface area contributed by atoms with Crippen LogP contribution in [-0.4, -0.2) is 63.9 Å². The van der Waals surface area contributed by atoms with Crippen LogP contribution in [0.25, 0.3) is 0 Å². The maximum absolute atomic E-state index is 14.7. The van der Waals surface area contributed by atoms with Gasteiger partial charge in [0.05, 0.1) is 37.7 Å². The van der Waals surface area contributed by atoms with Crippen LogP contribution >= 0.6 is 12.2 Å². The second kappa shape index (κ2) is 8.71. The fourth-order valence-corrected chi connectivity index (χ4v) is 3.44. The second-order valence-corrected chi connectivity index (χ2v) is 6.92. The van der Waals surface area contributed by atoms with Gasteiger partial charge in [-0.05, 0) is 43.3 Å². The maximum Gasteiger partial charge on any atom is 0.414 e. The van der Waals surface area contributed by atoms with Crippen LogP contribution in [-0.2, 0) is 14.2 Å². The molecule has 2 aliphatic rings. The molecule has 148 valence electrons. The predicted molar refractivity (Wildman–Crippen MR) is 104 cm³/mol. The minimum Gasteiger partial charge on any atom is -0.474 e. The number of carbonyl (C=O) groups excluding carboxylic acids is 1. The monoisotopic (exact) mass is 397 g/mol. The molecule has 0 saturated carbocycles. The van der Waals surface area contributed by atoms with E-state index in [1.54, 1.807) is 19.2 Å². The van der Waals surface area contributed by atoms with Gasteiger partial charge in [-0.15, -0.1) is 0 Å². The smallest absolute Gasteiger partial charge is 0.414 e. The Labute approximate surface area is 163 Å². The minimum absolute atomic E-state index is 0.233. The third-order valence-corrected chi connectivity index (χ3v) is 5.20. The molecule has 0 aliphatic carbocycles. The number of nitrogens with zero attached hydrogens (tertiary/aromatic N) is 2. The average molecular weight is 397 g/mol. The summed E-state index contributed by atoms with van der Waals surface area (Å²) in [5, 5.41) is 3.09. The number of carbonyl (C=O) groups is 1. The number of hydrogen-bond acceptors (Lipinski definition) is 6. The van der Waals surface area contributed by atoms with Crippen LogP contribution < -0.4 is 15.1 Å². The Hall–Kier alpha value is -2.13. The van der Waals surface area contributed by atoms with E-state index in [4.69, 9.17) is 26.4 Å². The first-order valence-electron chi connectivity index (χ1n) is 8.89. The van der Waals surface area contributed by atoms with Gasteiger partial charge >= 0.3 is 6.09 Å². The number of cyclic esters (lactones) is 1. The van der Waals surface area contributed by atoms with Gasteiger partial charge in [-0.25, -0.2) is 9.18 Å². The van der Waals surface area contributed by atoms with Gasteiger partial charge in [0.2, 0.25) is 0 Å². The van der Waals surface area contributed by atoms with Crippen molar-refractivity contribution in [3.8, 4) is 0 Å². The molecule has 3 rings (SSSR count). The lowest BCUT2D eigenvalue weighted by atomic mass is 10.1. The summed E-state index contributed by atoms with van der Waals surface area (Å²) in [6.45, 7) is 2.14. The summed E-state index contributed by atoms with van der Waals surface area (Å²) in [7, 11) is 3.17. The van der Waals surface area contributed by atoms with E-state index >= 15 is 0 Å². The van der Waals surface area contributed by atoms with Gasteiger partial charge in [0.15, 0.2) is 0 Å². The fraction of sp³-hybridized carbons (Fsp3) is 0.556. The normalized spacial score (nSPS) is 20.6. The molecule has 2 saturated heterocycles. The lowest BCUT2D eigenvalue weighted by molar-refractivity contribution is 0.0818. The van der Waals surface area contributed by atoms with Crippen LogP contribution in [0.3, 0.4) is 0 Å². The predicted octanol–water partition coefficient (Wildman–Crippen LogP) is 2.29. The highest BCUT2D eigenvalue weighted by Gasteiger charge is 2.33. The molecular weight excluding hydrogens is 373 g/mol. The van der Waals surface area contributed by atoms with Crippen molar-refractivity contribution in [3.05, 3.63) is 24.0 Å². The quantitative estimate of drug-likeness (QED) is 0.765. The molecule has 1 N–H and O–H groups in total. The van der Waals surface area contributed by atoms with E-state index in [1.807, 2.05) is 4.90 Å². The Bertz CT molecular complexity index is 697. The van der Waals surface area contributed by atoms with Crippen molar-refractivity contribution < 1.29 is 23.4 Å². The van der Waals surface area contributed by atoms with Crippen molar-refractivity contribution in [1.29, 1.82) is 0 Å². The van der Waals surface area contributed by atoms with Crippen LogP contribution in [0.1, 0.15) is 12.8 Å². The van der Waals surface area contributed by atoms with Gasteiger partial charge in [-0.3, -0.25) is 4.90 Å². The number of methoxy groups -OCH3 is 2. The van der Waals surface area contributed by atoms with Gasteiger partial charge in [0.1, 0.15) is 11.9 Å². The molecule has 0 bridgehead atoms. The first-order valence-corrected chi connectivity index (χ1v) is 9.30. The fourth-order valence-electron chi connectivity index (χ4n) is 3.36. The van der Waals surface area contributed by atoms with Gasteiger partial charge in [-0.2, -0.15) is 0 Å². The van der Waals surface area contributed by atoms with Gasteiger partial charge in [0, 0.05) is 20.2 Å². The molecule has 1 aromatic carbocycles. The van der Waals surface area contributed by atoms with Crippen LogP contribution in [0.5, 0.6) is 0 Å². The number of rotatable bonds is 5. The molecule has 2 aliphatic heterocycles. The van der Waals surface area contributed by atoms with E-state index in [-0.39, 0.29) is 23.2 Å². The number of amides is 1. The molecule has 1 atom stereocenters. The highest BCUT2D eigenvalue weighted by atomic mass is 32.1. The molecule has 7 nitrogen and oxygen atoms in total. The van der Waals surface area contributed by atoms with Gasteiger partial charge in [-0.1, -0.05) is 0 Å². The Balaban J connectivity index is 1.63. The summed E-state index contributed by atoms with van der Waals surface area (Å²) in [5.74, 6) is -0.349. The molecule has 0 unspecified atom stereocenters.